The van der Waals surface area contributed by atoms with Gasteiger partial charge < -0.3 is 5.32 Å². The fourth-order valence-corrected chi connectivity index (χ4v) is 6.75. The van der Waals surface area contributed by atoms with Gasteiger partial charge in [-0.1, -0.05) is 22.0 Å². The van der Waals surface area contributed by atoms with Gasteiger partial charge in [0, 0.05) is 34.0 Å². The lowest BCUT2D eigenvalue weighted by molar-refractivity contribution is 0.455. The third-order valence-corrected chi connectivity index (χ3v) is 8.61. The number of pyridine rings is 1. The summed E-state index contributed by atoms with van der Waals surface area (Å²) < 4.78 is 28.8. The molecule has 0 saturated carbocycles. The highest BCUT2D eigenvalue weighted by Gasteiger charge is 2.26. The Bertz CT molecular complexity index is 1380. The number of hydrogen-bond acceptors (Lipinski definition) is 7. The maximum absolute atomic E-state index is 12.5. The fourth-order valence-electron chi connectivity index (χ4n) is 3.97. The van der Waals surface area contributed by atoms with Crippen LogP contribution in [0.5, 0.6) is 0 Å². The molecule has 10 heteroatoms. The number of sulfonamides is 1. The average molecular weight is 530 g/mol. The Morgan fingerprint density at radius 3 is 2.91 bits per heavy atom. The Morgan fingerprint density at radius 2 is 2.09 bits per heavy atom. The van der Waals surface area contributed by atoms with Gasteiger partial charge in [0.15, 0.2) is 0 Å². The van der Waals surface area contributed by atoms with Gasteiger partial charge in [-0.15, -0.1) is 11.3 Å². The molecule has 0 spiro atoms. The Labute approximate surface area is 198 Å². The molecule has 0 aliphatic heterocycles. The van der Waals surface area contributed by atoms with Gasteiger partial charge in [0.25, 0.3) is 0 Å². The molecule has 3 aromatic heterocycles. The molecule has 4 aromatic rings. The second-order valence-electron chi connectivity index (χ2n) is 7.69. The van der Waals surface area contributed by atoms with Gasteiger partial charge in [0.1, 0.15) is 21.9 Å². The Morgan fingerprint density at radius 1 is 1.19 bits per heavy atom. The maximum Gasteiger partial charge on any atom is 0.242 e. The van der Waals surface area contributed by atoms with E-state index in [2.05, 4.69) is 40.9 Å². The maximum atomic E-state index is 12.5. The monoisotopic (exact) mass is 529 g/mol. The van der Waals surface area contributed by atoms with Crippen molar-refractivity contribution in [2.24, 2.45) is 5.92 Å². The first-order chi connectivity index (χ1) is 15.5. The van der Waals surface area contributed by atoms with Gasteiger partial charge in [-0.3, -0.25) is 4.98 Å². The lowest BCUT2D eigenvalue weighted by atomic mass is 9.88. The standard InChI is InChI=1S/C22H20BrN5O2S2/c23-15-3-1-4-16(10-15)28-21-20-18-7-6-14(9-19(18)31-22(20)26-13-25-21)11-27-32(29,30)17-5-2-8-24-12-17/h1-5,8,10,12-14,27H,6-7,9,11H2,(H,25,26,28). The lowest BCUT2D eigenvalue weighted by Gasteiger charge is -2.22. The summed E-state index contributed by atoms with van der Waals surface area (Å²) in [4.78, 5) is 15.3. The van der Waals surface area contributed by atoms with Crippen molar-refractivity contribution in [2.75, 3.05) is 11.9 Å². The van der Waals surface area contributed by atoms with Gasteiger partial charge in [-0.25, -0.2) is 23.1 Å². The first-order valence-electron chi connectivity index (χ1n) is 10.2. The highest BCUT2D eigenvalue weighted by Crippen LogP contribution is 2.40. The molecule has 2 N–H and O–H groups in total. The van der Waals surface area contributed by atoms with E-state index < -0.39 is 10.0 Å². The molecule has 0 saturated heterocycles. The minimum absolute atomic E-state index is 0.192. The van der Waals surface area contributed by atoms with Crippen LogP contribution in [0.3, 0.4) is 0 Å². The van der Waals surface area contributed by atoms with Gasteiger partial charge in [-0.05, 0) is 61.1 Å². The van der Waals surface area contributed by atoms with Crippen LogP contribution >= 0.6 is 27.3 Å². The molecule has 5 rings (SSSR count). The van der Waals surface area contributed by atoms with Crippen LogP contribution in [0.4, 0.5) is 11.5 Å². The van der Waals surface area contributed by atoms with E-state index in [1.807, 2.05) is 24.3 Å². The number of benzene rings is 1. The van der Waals surface area contributed by atoms with Crippen molar-refractivity contribution >= 4 is 59.0 Å². The van der Waals surface area contributed by atoms with Crippen molar-refractivity contribution in [1.82, 2.24) is 19.7 Å². The number of hydrogen-bond donors (Lipinski definition) is 2. The lowest BCUT2D eigenvalue weighted by Crippen LogP contribution is -2.31. The number of nitrogens with one attached hydrogen (secondary N) is 2. The van der Waals surface area contributed by atoms with Crippen LogP contribution in [0.2, 0.25) is 0 Å². The zero-order valence-electron chi connectivity index (χ0n) is 17.0. The normalized spacial score (nSPS) is 16.1. The van der Waals surface area contributed by atoms with Crippen LogP contribution in [-0.4, -0.2) is 29.9 Å². The largest absolute Gasteiger partial charge is 0.340 e. The van der Waals surface area contributed by atoms with Crippen molar-refractivity contribution in [1.29, 1.82) is 0 Å². The Balaban J connectivity index is 1.35. The van der Waals surface area contributed by atoms with E-state index in [1.165, 1.54) is 16.6 Å². The zero-order chi connectivity index (χ0) is 22.1. The number of fused-ring (bicyclic) bond motifs is 3. The second-order valence-corrected chi connectivity index (χ2v) is 11.5. The summed E-state index contributed by atoms with van der Waals surface area (Å²) in [6, 6.07) is 11.2. The third kappa shape index (κ3) is 4.40. The van der Waals surface area contributed by atoms with Crippen LogP contribution in [0.25, 0.3) is 10.2 Å². The van der Waals surface area contributed by atoms with Crippen molar-refractivity contribution in [2.45, 2.75) is 24.2 Å². The Kier molecular flexibility index (Phi) is 5.93. The van der Waals surface area contributed by atoms with Crippen LogP contribution in [-0.2, 0) is 22.9 Å². The molecule has 1 unspecified atom stereocenters. The van der Waals surface area contributed by atoms with Crippen molar-refractivity contribution in [3.63, 3.8) is 0 Å². The second kappa shape index (κ2) is 8.86. The van der Waals surface area contributed by atoms with Gasteiger partial charge in [0.2, 0.25) is 10.0 Å². The van der Waals surface area contributed by atoms with E-state index in [0.29, 0.717) is 6.54 Å². The molecule has 164 valence electrons. The Hall–Kier alpha value is -2.40. The zero-order valence-corrected chi connectivity index (χ0v) is 20.2. The molecule has 0 amide bonds. The van der Waals surface area contributed by atoms with Crippen molar-refractivity contribution in [3.05, 3.63) is 70.0 Å². The summed E-state index contributed by atoms with van der Waals surface area (Å²) in [5.74, 6) is 1.04. The number of halogens is 1. The minimum Gasteiger partial charge on any atom is -0.340 e. The van der Waals surface area contributed by atoms with Crippen LogP contribution in [0, 0.1) is 5.92 Å². The summed E-state index contributed by atoms with van der Waals surface area (Å²) in [5.41, 5.74) is 2.23. The summed E-state index contributed by atoms with van der Waals surface area (Å²) in [7, 11) is -3.55. The van der Waals surface area contributed by atoms with Crippen molar-refractivity contribution < 1.29 is 8.42 Å². The summed E-state index contributed by atoms with van der Waals surface area (Å²) in [6.07, 6.45) is 7.11. The quantitative estimate of drug-likeness (QED) is 0.376. The highest BCUT2D eigenvalue weighted by molar-refractivity contribution is 9.10. The molecule has 7 nitrogen and oxygen atoms in total. The summed E-state index contributed by atoms with van der Waals surface area (Å²) >= 11 is 5.18. The molecule has 0 bridgehead atoms. The number of rotatable bonds is 6. The molecule has 1 aliphatic rings. The minimum atomic E-state index is -3.55. The van der Waals surface area contributed by atoms with E-state index in [4.69, 9.17) is 0 Å². The van der Waals surface area contributed by atoms with E-state index in [-0.39, 0.29) is 10.8 Å². The third-order valence-electron chi connectivity index (χ3n) is 5.54. The van der Waals surface area contributed by atoms with E-state index in [1.54, 1.807) is 36.0 Å². The molecule has 1 aromatic carbocycles. The predicted molar refractivity (Wildman–Crippen MR) is 130 cm³/mol. The van der Waals surface area contributed by atoms with Crippen LogP contribution in [0.1, 0.15) is 16.9 Å². The number of nitrogens with zero attached hydrogens (tertiary/aromatic N) is 3. The predicted octanol–water partition coefficient (Wildman–Crippen LogP) is 4.68. The molecular formula is C22H20BrN5O2S2. The van der Waals surface area contributed by atoms with E-state index >= 15 is 0 Å². The fraction of sp³-hybridized carbons (Fsp3) is 0.227. The van der Waals surface area contributed by atoms with E-state index in [9.17, 15) is 8.42 Å². The molecule has 0 fully saturated rings. The van der Waals surface area contributed by atoms with E-state index in [0.717, 1.165) is 45.5 Å². The number of aryl methyl sites for hydroxylation is 1. The molecule has 3 heterocycles. The molecule has 0 radical (unpaired) electrons. The summed E-state index contributed by atoms with van der Waals surface area (Å²) in [6.45, 7) is 0.403. The van der Waals surface area contributed by atoms with Crippen LogP contribution < -0.4 is 10.0 Å². The first kappa shape index (κ1) is 21.4. The molecular weight excluding hydrogens is 510 g/mol. The highest BCUT2D eigenvalue weighted by atomic mass is 79.9. The number of thiophene rings is 1. The summed E-state index contributed by atoms with van der Waals surface area (Å²) in [5, 5.41) is 4.50. The van der Waals surface area contributed by atoms with Crippen molar-refractivity contribution in [3.8, 4) is 0 Å². The SMILES string of the molecule is O=S(=O)(NCC1CCc2c(sc3ncnc(Nc4cccc(Br)c4)c23)C1)c1cccnc1. The topological polar surface area (TPSA) is 96.9 Å². The number of anilines is 2. The van der Waals surface area contributed by atoms with Crippen LogP contribution in [0.15, 0.2) is 64.5 Å². The molecule has 1 atom stereocenters. The van der Waals surface area contributed by atoms with Gasteiger partial charge in [-0.2, -0.15) is 0 Å². The smallest absolute Gasteiger partial charge is 0.242 e. The average Bonchev–Trinajstić information content (AvgIpc) is 3.17. The molecule has 1 aliphatic carbocycles. The number of aromatic nitrogens is 3. The first-order valence-corrected chi connectivity index (χ1v) is 13.3. The molecule has 32 heavy (non-hydrogen) atoms. The van der Waals surface area contributed by atoms with Gasteiger partial charge >= 0.3 is 0 Å². The van der Waals surface area contributed by atoms with Gasteiger partial charge in [0.05, 0.1) is 5.39 Å².